The molecule has 2 aromatic rings. The molecule has 0 aromatic heterocycles. The first-order chi connectivity index (χ1) is 16.7. The molecular formula is C27H23ClF3NO3. The number of hydrogen-bond acceptors (Lipinski definition) is 4. The van der Waals surface area contributed by atoms with Crippen molar-refractivity contribution < 1.29 is 27.4 Å². The van der Waals surface area contributed by atoms with Crippen LogP contribution in [0.25, 0.3) is 5.57 Å². The van der Waals surface area contributed by atoms with Gasteiger partial charge in [-0.25, -0.2) is 0 Å². The fraction of sp³-hybridized carbons (Fsp3) is 0.259. The van der Waals surface area contributed by atoms with E-state index in [4.69, 9.17) is 21.3 Å². The summed E-state index contributed by atoms with van der Waals surface area (Å²) in [6.07, 6.45) is 4.52. The van der Waals surface area contributed by atoms with E-state index in [0.29, 0.717) is 17.9 Å². The molecule has 0 saturated heterocycles. The van der Waals surface area contributed by atoms with Gasteiger partial charge in [-0.1, -0.05) is 66.2 Å². The Bertz CT molecular complexity index is 1210. The lowest BCUT2D eigenvalue weighted by molar-refractivity contribution is -0.274. The summed E-state index contributed by atoms with van der Waals surface area (Å²) in [5.74, 6) is -0.631. The summed E-state index contributed by atoms with van der Waals surface area (Å²) in [6.45, 7) is 0. The van der Waals surface area contributed by atoms with Crippen molar-refractivity contribution in [3.8, 4) is 5.75 Å². The number of halogens is 4. The van der Waals surface area contributed by atoms with Gasteiger partial charge in [-0.3, -0.25) is 9.79 Å². The Hall–Kier alpha value is -3.32. The third kappa shape index (κ3) is 6.22. The topological polar surface area (TPSA) is 47.9 Å². The lowest BCUT2D eigenvalue weighted by atomic mass is 9.87. The van der Waals surface area contributed by atoms with E-state index in [-0.39, 0.29) is 30.1 Å². The number of carbonyl (C=O) groups excluding carboxylic acids is 1. The maximum absolute atomic E-state index is 12.4. The second-order valence-electron chi connectivity index (χ2n) is 8.29. The van der Waals surface area contributed by atoms with Gasteiger partial charge in [0.2, 0.25) is 0 Å². The highest BCUT2D eigenvalue weighted by molar-refractivity contribution is 6.34. The molecule has 0 saturated carbocycles. The monoisotopic (exact) mass is 501 g/mol. The van der Waals surface area contributed by atoms with Gasteiger partial charge in [-0.05, 0) is 47.8 Å². The SMILES string of the molecule is COC(=O)C[C@H]1CC(c2ccccc2Cl)=N[C@H]1C1=CC=C(c2ccc(OC(F)(F)F)cc2)C=CC1. The zero-order chi connectivity index (χ0) is 25.0. The molecule has 2 aliphatic rings. The number of benzene rings is 2. The number of methoxy groups -OCH3 is 1. The smallest absolute Gasteiger partial charge is 0.469 e. The van der Waals surface area contributed by atoms with Crippen LogP contribution in [0, 0.1) is 5.92 Å². The van der Waals surface area contributed by atoms with E-state index in [0.717, 1.165) is 28.0 Å². The zero-order valence-electron chi connectivity index (χ0n) is 18.9. The summed E-state index contributed by atoms with van der Waals surface area (Å²) in [5.41, 5.74) is 4.34. The molecule has 0 N–H and O–H groups in total. The average molecular weight is 502 g/mol. The number of alkyl halides is 3. The molecule has 8 heteroatoms. The van der Waals surface area contributed by atoms with Gasteiger partial charge in [-0.15, -0.1) is 13.2 Å². The minimum atomic E-state index is -4.73. The van der Waals surface area contributed by atoms with E-state index in [1.54, 1.807) is 12.1 Å². The first-order valence-corrected chi connectivity index (χ1v) is 11.4. The molecule has 35 heavy (non-hydrogen) atoms. The number of carbonyl (C=O) groups is 1. The predicted octanol–water partition coefficient (Wildman–Crippen LogP) is 6.95. The molecule has 1 heterocycles. The molecular weight excluding hydrogens is 479 g/mol. The van der Waals surface area contributed by atoms with E-state index in [2.05, 4.69) is 4.74 Å². The molecule has 1 aliphatic carbocycles. The highest BCUT2D eigenvalue weighted by Gasteiger charge is 2.34. The third-order valence-electron chi connectivity index (χ3n) is 5.97. The number of allylic oxidation sites excluding steroid dienone is 5. The van der Waals surface area contributed by atoms with E-state index >= 15 is 0 Å². The quantitative estimate of drug-likeness (QED) is 0.402. The zero-order valence-corrected chi connectivity index (χ0v) is 19.6. The first-order valence-electron chi connectivity index (χ1n) is 11.1. The first kappa shape index (κ1) is 24.8. The van der Waals surface area contributed by atoms with E-state index in [1.165, 1.54) is 19.2 Å². The Balaban J connectivity index is 1.61. The van der Waals surface area contributed by atoms with Crippen LogP contribution < -0.4 is 4.74 Å². The summed E-state index contributed by atoms with van der Waals surface area (Å²) in [7, 11) is 1.37. The Morgan fingerprint density at radius 1 is 1.11 bits per heavy atom. The molecule has 0 fully saturated rings. The molecule has 1 aliphatic heterocycles. The van der Waals surface area contributed by atoms with Gasteiger partial charge < -0.3 is 9.47 Å². The second kappa shape index (κ2) is 10.5. The fourth-order valence-electron chi connectivity index (χ4n) is 4.33. The second-order valence-corrected chi connectivity index (χ2v) is 8.69. The largest absolute Gasteiger partial charge is 0.573 e. The Kier molecular flexibility index (Phi) is 7.45. The summed E-state index contributed by atoms with van der Waals surface area (Å²) < 4.78 is 46.2. The van der Waals surface area contributed by atoms with Crippen molar-refractivity contribution >= 4 is 28.9 Å². The van der Waals surface area contributed by atoms with Crippen LogP contribution in [0.5, 0.6) is 5.75 Å². The van der Waals surface area contributed by atoms with Gasteiger partial charge in [0, 0.05) is 22.2 Å². The van der Waals surface area contributed by atoms with Gasteiger partial charge in [-0.2, -0.15) is 0 Å². The lowest BCUT2D eigenvalue weighted by Crippen LogP contribution is -2.21. The molecule has 2 atom stereocenters. The minimum Gasteiger partial charge on any atom is -0.469 e. The van der Waals surface area contributed by atoms with Crippen LogP contribution >= 0.6 is 11.6 Å². The van der Waals surface area contributed by atoms with Crippen molar-refractivity contribution in [1.82, 2.24) is 0 Å². The fourth-order valence-corrected chi connectivity index (χ4v) is 4.58. The van der Waals surface area contributed by atoms with Crippen LogP contribution in [0.2, 0.25) is 5.02 Å². The van der Waals surface area contributed by atoms with Crippen LogP contribution in [-0.2, 0) is 9.53 Å². The maximum atomic E-state index is 12.4. The van der Waals surface area contributed by atoms with Crippen molar-refractivity contribution in [2.75, 3.05) is 7.11 Å². The van der Waals surface area contributed by atoms with Crippen LogP contribution in [0.15, 0.2) is 83.4 Å². The third-order valence-corrected chi connectivity index (χ3v) is 6.30. The van der Waals surface area contributed by atoms with Gasteiger partial charge in [0.25, 0.3) is 0 Å². The number of ether oxygens (including phenoxy) is 2. The summed E-state index contributed by atoms with van der Waals surface area (Å²) in [4.78, 5) is 17.1. The number of esters is 1. The van der Waals surface area contributed by atoms with Crippen molar-refractivity contribution in [2.45, 2.75) is 31.7 Å². The maximum Gasteiger partial charge on any atom is 0.573 e. The van der Waals surface area contributed by atoms with Crippen LogP contribution in [0.3, 0.4) is 0 Å². The molecule has 0 radical (unpaired) electrons. The van der Waals surface area contributed by atoms with E-state index in [9.17, 15) is 18.0 Å². The van der Waals surface area contributed by atoms with Crippen molar-refractivity contribution in [3.63, 3.8) is 0 Å². The Morgan fingerprint density at radius 3 is 2.54 bits per heavy atom. The molecule has 0 amide bonds. The number of hydrogen-bond donors (Lipinski definition) is 0. The Labute approximate surface area is 206 Å². The van der Waals surface area contributed by atoms with Crippen LogP contribution in [-0.4, -0.2) is 31.2 Å². The molecule has 2 aromatic carbocycles. The average Bonchev–Trinajstić information content (AvgIpc) is 3.06. The van der Waals surface area contributed by atoms with Crippen LogP contribution in [0.4, 0.5) is 13.2 Å². The van der Waals surface area contributed by atoms with E-state index < -0.39 is 6.36 Å². The normalized spacial score (nSPS) is 20.0. The lowest BCUT2D eigenvalue weighted by Gasteiger charge is -2.19. The molecule has 0 spiro atoms. The standard InChI is InChI=1S/C27H23ClF3NO3/c1-34-25(33)16-20-15-24(22-7-2-3-8-23(22)28)32-26(20)19-6-4-5-17(9-10-19)18-11-13-21(14-12-18)35-27(29,30)31/h2-5,7-14,20,26H,6,15-16H2,1H3/t20-,26+/m1/s1. The van der Waals surface area contributed by atoms with Crippen molar-refractivity contribution in [1.29, 1.82) is 0 Å². The van der Waals surface area contributed by atoms with Crippen molar-refractivity contribution in [2.24, 2.45) is 10.9 Å². The summed E-state index contributed by atoms with van der Waals surface area (Å²) >= 11 is 6.40. The predicted molar refractivity (Wildman–Crippen MR) is 129 cm³/mol. The summed E-state index contributed by atoms with van der Waals surface area (Å²) in [5, 5.41) is 0.610. The van der Waals surface area contributed by atoms with Crippen molar-refractivity contribution in [3.05, 3.63) is 94.6 Å². The number of rotatable bonds is 6. The Morgan fingerprint density at radius 2 is 1.86 bits per heavy atom. The van der Waals surface area contributed by atoms with Crippen LogP contribution in [0.1, 0.15) is 30.4 Å². The summed E-state index contributed by atoms with van der Waals surface area (Å²) in [6, 6.07) is 13.0. The molecule has 182 valence electrons. The number of aliphatic imine (C=N–C) groups is 1. The van der Waals surface area contributed by atoms with Gasteiger partial charge in [0.15, 0.2) is 0 Å². The van der Waals surface area contributed by atoms with Gasteiger partial charge in [0.05, 0.1) is 19.6 Å². The molecule has 4 nitrogen and oxygen atoms in total. The van der Waals surface area contributed by atoms with E-state index in [1.807, 2.05) is 48.6 Å². The molecule has 0 bridgehead atoms. The highest BCUT2D eigenvalue weighted by Crippen LogP contribution is 2.36. The van der Waals surface area contributed by atoms with Gasteiger partial charge in [0.1, 0.15) is 5.75 Å². The molecule has 4 rings (SSSR count). The number of nitrogens with zero attached hydrogens (tertiary/aromatic N) is 1. The van der Waals surface area contributed by atoms with Gasteiger partial charge >= 0.3 is 12.3 Å². The molecule has 0 unspecified atom stereocenters. The minimum absolute atomic E-state index is 0.0675. The highest BCUT2D eigenvalue weighted by atomic mass is 35.5.